The Morgan fingerprint density at radius 2 is 1.88 bits per heavy atom. The second kappa shape index (κ2) is 15.8. The summed E-state index contributed by atoms with van der Waals surface area (Å²) in [6.07, 6.45) is 2.59. The van der Waals surface area contributed by atoms with Gasteiger partial charge in [0, 0.05) is 1.43 Å². The molecular formula is C7H21N. The van der Waals surface area contributed by atoms with Crippen LogP contribution in [0.15, 0.2) is 0 Å². The lowest BCUT2D eigenvalue weighted by molar-refractivity contribution is 0.711. The van der Waals surface area contributed by atoms with Crippen molar-refractivity contribution in [2.75, 3.05) is 13.6 Å². The molecule has 0 aromatic rings. The Balaban J connectivity index is -0.000000109. The minimum Gasteiger partial charge on any atom is -0.320 e. The van der Waals surface area contributed by atoms with E-state index in [9.17, 15) is 0 Å². The SMILES string of the molecule is CC.CCCCNC.[HH]. The number of rotatable bonds is 3. The van der Waals surface area contributed by atoms with Crippen LogP contribution in [0.25, 0.3) is 0 Å². The lowest BCUT2D eigenvalue weighted by atomic mass is 10.3. The number of hydrogen-bond acceptors (Lipinski definition) is 1. The van der Waals surface area contributed by atoms with Crippen LogP contribution in [-0.4, -0.2) is 13.6 Å². The molecule has 0 rings (SSSR count). The van der Waals surface area contributed by atoms with Crippen molar-refractivity contribution in [2.24, 2.45) is 0 Å². The molecule has 0 radical (unpaired) electrons. The summed E-state index contributed by atoms with van der Waals surface area (Å²) in [6, 6.07) is 0. The highest BCUT2D eigenvalue weighted by Gasteiger charge is 1.73. The van der Waals surface area contributed by atoms with Gasteiger partial charge in [-0.3, -0.25) is 0 Å². The van der Waals surface area contributed by atoms with Gasteiger partial charge < -0.3 is 5.32 Å². The maximum atomic E-state index is 3.07. The van der Waals surface area contributed by atoms with E-state index < -0.39 is 0 Å². The summed E-state index contributed by atoms with van der Waals surface area (Å²) in [5.41, 5.74) is 0. The number of unbranched alkanes of at least 4 members (excludes halogenated alkanes) is 1. The minimum atomic E-state index is 0. The van der Waals surface area contributed by atoms with Crippen LogP contribution >= 0.6 is 0 Å². The van der Waals surface area contributed by atoms with Gasteiger partial charge in [-0.25, -0.2) is 0 Å². The van der Waals surface area contributed by atoms with Gasteiger partial charge in [-0.1, -0.05) is 27.2 Å². The molecule has 1 heteroatoms. The van der Waals surface area contributed by atoms with Crippen LogP contribution in [0.2, 0.25) is 0 Å². The molecule has 0 saturated carbocycles. The maximum absolute atomic E-state index is 3.07. The predicted molar refractivity (Wildman–Crippen MR) is 42.3 cm³/mol. The molecule has 54 valence electrons. The van der Waals surface area contributed by atoms with Crippen molar-refractivity contribution in [1.29, 1.82) is 0 Å². The van der Waals surface area contributed by atoms with Gasteiger partial charge in [0.25, 0.3) is 0 Å². The van der Waals surface area contributed by atoms with Gasteiger partial charge in [-0.2, -0.15) is 0 Å². The van der Waals surface area contributed by atoms with Crippen LogP contribution in [-0.2, 0) is 0 Å². The van der Waals surface area contributed by atoms with Crippen LogP contribution < -0.4 is 5.32 Å². The highest BCUT2D eigenvalue weighted by Crippen LogP contribution is 1.79. The first-order chi connectivity index (χ1) is 3.91. The van der Waals surface area contributed by atoms with E-state index in [0.29, 0.717) is 0 Å². The van der Waals surface area contributed by atoms with E-state index in [2.05, 4.69) is 12.2 Å². The Morgan fingerprint density at radius 1 is 1.38 bits per heavy atom. The number of hydrogen-bond donors (Lipinski definition) is 1. The Bertz CT molecular complexity index is 20.9. The molecule has 0 aliphatic rings. The summed E-state index contributed by atoms with van der Waals surface area (Å²) in [5, 5.41) is 3.07. The molecule has 0 spiro atoms. The van der Waals surface area contributed by atoms with Gasteiger partial charge >= 0.3 is 0 Å². The van der Waals surface area contributed by atoms with E-state index in [0.717, 1.165) is 6.54 Å². The van der Waals surface area contributed by atoms with E-state index >= 15 is 0 Å². The predicted octanol–water partition coefficient (Wildman–Crippen LogP) is 2.28. The average Bonchev–Trinajstić information content (AvgIpc) is 1.88. The molecule has 0 fully saturated rings. The lowest BCUT2D eigenvalue weighted by Crippen LogP contribution is -2.06. The summed E-state index contributed by atoms with van der Waals surface area (Å²) in [7, 11) is 1.98. The third kappa shape index (κ3) is 16.7. The molecule has 8 heavy (non-hydrogen) atoms. The van der Waals surface area contributed by atoms with Gasteiger partial charge in [0.1, 0.15) is 0 Å². The lowest BCUT2D eigenvalue weighted by Gasteiger charge is -1.89. The maximum Gasteiger partial charge on any atom is 0 e. The van der Waals surface area contributed by atoms with E-state index in [4.69, 9.17) is 0 Å². The van der Waals surface area contributed by atoms with Gasteiger partial charge in [0.15, 0.2) is 0 Å². The van der Waals surface area contributed by atoms with E-state index in [1.807, 2.05) is 20.9 Å². The van der Waals surface area contributed by atoms with Crippen molar-refractivity contribution in [2.45, 2.75) is 33.6 Å². The molecule has 1 N–H and O–H groups in total. The first-order valence-corrected chi connectivity index (χ1v) is 3.56. The van der Waals surface area contributed by atoms with Crippen LogP contribution in [0.3, 0.4) is 0 Å². The molecular weight excluding hydrogens is 98.1 g/mol. The van der Waals surface area contributed by atoms with E-state index in [1.165, 1.54) is 12.8 Å². The second-order valence-electron chi connectivity index (χ2n) is 1.46. The Morgan fingerprint density at radius 3 is 2.00 bits per heavy atom. The second-order valence-corrected chi connectivity index (χ2v) is 1.46. The highest BCUT2D eigenvalue weighted by molar-refractivity contribution is 4.34. The van der Waals surface area contributed by atoms with Crippen molar-refractivity contribution in [3.05, 3.63) is 0 Å². The van der Waals surface area contributed by atoms with Gasteiger partial charge in [0.05, 0.1) is 0 Å². The monoisotopic (exact) mass is 119 g/mol. The fraction of sp³-hybridized carbons (Fsp3) is 1.00. The summed E-state index contributed by atoms with van der Waals surface area (Å²) in [6.45, 7) is 7.36. The summed E-state index contributed by atoms with van der Waals surface area (Å²) < 4.78 is 0. The molecule has 0 aliphatic heterocycles. The molecule has 0 amide bonds. The van der Waals surface area contributed by atoms with Gasteiger partial charge in [-0.15, -0.1) is 0 Å². The Hall–Kier alpha value is -0.0400. The third-order valence-corrected chi connectivity index (χ3v) is 0.780. The molecule has 0 aromatic carbocycles. The van der Waals surface area contributed by atoms with Crippen LogP contribution in [0, 0.1) is 0 Å². The largest absolute Gasteiger partial charge is 0.320 e. The van der Waals surface area contributed by atoms with Gasteiger partial charge in [0.2, 0.25) is 0 Å². The molecule has 0 unspecified atom stereocenters. The van der Waals surface area contributed by atoms with E-state index in [1.54, 1.807) is 0 Å². The zero-order valence-electron chi connectivity index (χ0n) is 6.62. The first-order valence-electron chi connectivity index (χ1n) is 3.56. The molecule has 0 aliphatic carbocycles. The molecule has 0 heterocycles. The van der Waals surface area contributed by atoms with Crippen molar-refractivity contribution < 1.29 is 1.43 Å². The molecule has 0 bridgehead atoms. The topological polar surface area (TPSA) is 12.0 Å². The standard InChI is InChI=1S/C5H13N.C2H6.H2/c1-3-4-5-6-2;1-2;/h6H,3-5H2,1-2H3;1-2H3;1H. The molecule has 0 aromatic heterocycles. The Kier molecular flexibility index (Phi) is 21.4. The Labute approximate surface area is 55.0 Å². The molecule has 1 nitrogen and oxygen atoms in total. The van der Waals surface area contributed by atoms with Crippen LogP contribution in [0.5, 0.6) is 0 Å². The molecule has 0 atom stereocenters. The smallest absolute Gasteiger partial charge is 0 e. The van der Waals surface area contributed by atoms with Crippen molar-refractivity contribution in [3.63, 3.8) is 0 Å². The summed E-state index contributed by atoms with van der Waals surface area (Å²) in [4.78, 5) is 0. The normalized spacial score (nSPS) is 7.50. The quantitative estimate of drug-likeness (QED) is 0.562. The fourth-order valence-electron chi connectivity index (χ4n) is 0.354. The minimum absolute atomic E-state index is 0. The number of nitrogens with one attached hydrogen (secondary N) is 1. The highest BCUT2D eigenvalue weighted by atomic mass is 14.8. The first kappa shape index (κ1) is 10.9. The average molecular weight is 119 g/mol. The summed E-state index contributed by atoms with van der Waals surface area (Å²) >= 11 is 0. The van der Waals surface area contributed by atoms with Crippen molar-refractivity contribution in [3.8, 4) is 0 Å². The third-order valence-electron chi connectivity index (χ3n) is 0.780. The van der Waals surface area contributed by atoms with Crippen molar-refractivity contribution >= 4 is 0 Å². The zero-order valence-corrected chi connectivity index (χ0v) is 6.62. The van der Waals surface area contributed by atoms with Crippen molar-refractivity contribution in [1.82, 2.24) is 5.32 Å². The fourth-order valence-corrected chi connectivity index (χ4v) is 0.354. The van der Waals surface area contributed by atoms with Crippen LogP contribution in [0.1, 0.15) is 35.0 Å². The van der Waals surface area contributed by atoms with Crippen LogP contribution in [0.4, 0.5) is 0 Å². The van der Waals surface area contributed by atoms with Gasteiger partial charge in [-0.05, 0) is 20.0 Å². The molecule has 0 saturated heterocycles. The summed E-state index contributed by atoms with van der Waals surface area (Å²) in [5.74, 6) is 0. The van der Waals surface area contributed by atoms with E-state index in [-0.39, 0.29) is 1.43 Å². The zero-order chi connectivity index (χ0) is 6.83.